The van der Waals surface area contributed by atoms with E-state index < -0.39 is 0 Å². The first-order valence-electron chi connectivity index (χ1n) is 20.7. The Kier molecular flexibility index (Phi) is 10.6. The number of aryl methyl sites for hydroxylation is 4. The molecular formula is C50H56N4. The lowest BCUT2D eigenvalue weighted by molar-refractivity contribution is 0.649. The van der Waals surface area contributed by atoms with E-state index in [-0.39, 0.29) is 0 Å². The van der Waals surface area contributed by atoms with Crippen molar-refractivity contribution in [3.63, 3.8) is 0 Å². The second-order valence-electron chi connectivity index (χ2n) is 15.2. The Balaban J connectivity index is 1.58. The Morgan fingerprint density at radius 2 is 0.556 bits per heavy atom. The molecule has 4 aromatic heterocycles. The standard InChI is InChI=1S/C50H56N4/c1-5-9-29-51-33-41(37-21-13-17-25-45(37)51)49(42-34-52(30-10-6-2)46-26-18-14-22-38(42)46)50(43-35-53(31-11-7-3)47-27-19-15-23-39(43)47)44-36-54(32-12-8-4)48-28-20-16-24-40(44)48/h13-28,33-36H,5-12,29-32H2,1-4H3. The molecule has 276 valence electrons. The molecule has 0 saturated carbocycles. The fourth-order valence-electron chi connectivity index (χ4n) is 8.67. The molecule has 54 heavy (non-hydrogen) atoms. The van der Waals surface area contributed by atoms with Gasteiger partial charge in [-0.25, -0.2) is 0 Å². The van der Waals surface area contributed by atoms with Crippen molar-refractivity contribution in [1.82, 2.24) is 18.3 Å². The van der Waals surface area contributed by atoms with Crippen LogP contribution in [0.4, 0.5) is 0 Å². The van der Waals surface area contributed by atoms with Crippen LogP contribution in [0, 0.1) is 0 Å². The molecule has 8 rings (SSSR count). The highest BCUT2D eigenvalue weighted by atomic mass is 15.0. The van der Waals surface area contributed by atoms with Gasteiger partial charge >= 0.3 is 0 Å². The largest absolute Gasteiger partial charge is 0.347 e. The molecule has 0 radical (unpaired) electrons. The molecule has 0 aliphatic carbocycles. The molecule has 0 atom stereocenters. The zero-order valence-corrected chi connectivity index (χ0v) is 32.8. The SMILES string of the molecule is CCCCn1cc(C(=C(c2cn(CCCC)c3ccccc23)c2cn(CCCC)c3ccccc23)c2cn(CCCC)c3ccccc23)c2ccccc21. The third kappa shape index (κ3) is 6.50. The van der Waals surface area contributed by atoms with Crippen LogP contribution < -0.4 is 0 Å². The second kappa shape index (κ2) is 16.0. The minimum atomic E-state index is 1.00. The number of fused-ring (bicyclic) bond motifs is 4. The van der Waals surface area contributed by atoms with Gasteiger partial charge in [-0.1, -0.05) is 126 Å². The van der Waals surface area contributed by atoms with Crippen LogP contribution in [-0.2, 0) is 26.2 Å². The number of aromatic nitrogens is 4. The van der Waals surface area contributed by atoms with Gasteiger partial charge in [-0.05, 0) is 49.9 Å². The van der Waals surface area contributed by atoms with E-state index in [0.717, 1.165) is 77.5 Å². The van der Waals surface area contributed by atoms with Gasteiger partial charge < -0.3 is 18.3 Å². The van der Waals surface area contributed by atoms with E-state index >= 15 is 0 Å². The normalized spacial score (nSPS) is 11.9. The Labute approximate surface area is 321 Å². The summed E-state index contributed by atoms with van der Waals surface area (Å²) in [6.07, 6.45) is 19.2. The second-order valence-corrected chi connectivity index (χ2v) is 15.2. The average Bonchev–Trinajstić information content (AvgIpc) is 3.98. The van der Waals surface area contributed by atoms with E-state index in [2.05, 4.69) is 168 Å². The van der Waals surface area contributed by atoms with Crippen molar-refractivity contribution >= 4 is 54.8 Å². The van der Waals surface area contributed by atoms with E-state index in [4.69, 9.17) is 0 Å². The first kappa shape index (κ1) is 35.8. The minimum Gasteiger partial charge on any atom is -0.347 e. The topological polar surface area (TPSA) is 19.7 Å². The molecule has 0 spiro atoms. The number of unbranched alkanes of at least 4 members (excludes halogenated alkanes) is 4. The van der Waals surface area contributed by atoms with Gasteiger partial charge in [0.25, 0.3) is 0 Å². The van der Waals surface area contributed by atoms with Crippen molar-refractivity contribution < 1.29 is 0 Å². The van der Waals surface area contributed by atoms with Crippen LogP contribution in [0.3, 0.4) is 0 Å². The van der Waals surface area contributed by atoms with E-state index in [1.54, 1.807) is 0 Å². The summed E-state index contributed by atoms with van der Waals surface area (Å²) in [4.78, 5) is 0. The average molecular weight is 713 g/mol. The summed E-state index contributed by atoms with van der Waals surface area (Å²) in [5.74, 6) is 0. The Bertz CT molecular complexity index is 2210. The van der Waals surface area contributed by atoms with Crippen LogP contribution in [-0.4, -0.2) is 18.3 Å². The quantitative estimate of drug-likeness (QED) is 0.0950. The molecule has 0 unspecified atom stereocenters. The van der Waals surface area contributed by atoms with Crippen LogP contribution in [0.15, 0.2) is 122 Å². The summed E-state index contributed by atoms with van der Waals surface area (Å²) in [7, 11) is 0. The number of rotatable bonds is 16. The zero-order valence-electron chi connectivity index (χ0n) is 32.8. The maximum absolute atomic E-state index is 2.52. The van der Waals surface area contributed by atoms with Crippen molar-refractivity contribution in [3.8, 4) is 0 Å². The Hall–Kier alpha value is -5.22. The highest BCUT2D eigenvalue weighted by Crippen LogP contribution is 2.47. The molecule has 4 heterocycles. The maximum atomic E-state index is 2.52. The van der Waals surface area contributed by atoms with Gasteiger partial charge in [0.15, 0.2) is 0 Å². The molecular weight excluding hydrogens is 657 g/mol. The molecule has 0 fully saturated rings. The summed E-state index contributed by atoms with van der Waals surface area (Å²) in [5, 5.41) is 5.26. The molecule has 4 heteroatoms. The lowest BCUT2D eigenvalue weighted by atomic mass is 9.85. The Morgan fingerprint density at radius 3 is 0.778 bits per heavy atom. The van der Waals surface area contributed by atoms with Crippen molar-refractivity contribution in [1.29, 1.82) is 0 Å². The van der Waals surface area contributed by atoms with Gasteiger partial charge in [0.1, 0.15) is 0 Å². The number of benzene rings is 4. The van der Waals surface area contributed by atoms with E-state index in [0.29, 0.717) is 0 Å². The monoisotopic (exact) mass is 712 g/mol. The van der Waals surface area contributed by atoms with Crippen LogP contribution in [0.1, 0.15) is 101 Å². The summed E-state index contributed by atoms with van der Waals surface area (Å²) >= 11 is 0. The number of hydrogen-bond donors (Lipinski definition) is 0. The van der Waals surface area contributed by atoms with Crippen molar-refractivity contribution in [3.05, 3.63) is 144 Å². The summed E-state index contributed by atoms with van der Waals surface area (Å²) in [6.45, 7) is 13.2. The van der Waals surface area contributed by atoms with Crippen molar-refractivity contribution in [2.24, 2.45) is 0 Å². The van der Waals surface area contributed by atoms with Crippen LogP contribution in [0.25, 0.3) is 54.8 Å². The van der Waals surface area contributed by atoms with E-state index in [1.807, 2.05) is 0 Å². The van der Waals surface area contributed by atoms with Gasteiger partial charge in [-0.3, -0.25) is 0 Å². The molecule has 0 amide bonds. The minimum absolute atomic E-state index is 1.00. The third-order valence-electron chi connectivity index (χ3n) is 11.5. The summed E-state index contributed by atoms with van der Waals surface area (Å²) in [5.41, 5.74) is 13.1. The number of nitrogens with zero attached hydrogens (tertiary/aromatic N) is 4. The molecule has 8 aromatic rings. The summed E-state index contributed by atoms with van der Waals surface area (Å²) in [6, 6.07) is 36.5. The van der Waals surface area contributed by atoms with Crippen molar-refractivity contribution in [2.75, 3.05) is 0 Å². The molecule has 0 aliphatic rings. The first-order valence-corrected chi connectivity index (χ1v) is 20.7. The predicted octanol–water partition coefficient (Wildman–Crippen LogP) is 13.7. The van der Waals surface area contributed by atoms with Crippen LogP contribution in [0.5, 0.6) is 0 Å². The number of para-hydroxylation sites is 4. The Morgan fingerprint density at radius 1 is 0.333 bits per heavy atom. The van der Waals surface area contributed by atoms with Gasteiger partial charge in [0, 0.05) is 128 Å². The van der Waals surface area contributed by atoms with E-state index in [1.165, 1.54) is 77.0 Å². The molecule has 4 aromatic carbocycles. The highest BCUT2D eigenvalue weighted by Gasteiger charge is 2.27. The lowest BCUT2D eigenvalue weighted by Gasteiger charge is -2.16. The number of hydrogen-bond acceptors (Lipinski definition) is 0. The fourth-order valence-corrected chi connectivity index (χ4v) is 8.67. The molecule has 0 aliphatic heterocycles. The van der Waals surface area contributed by atoms with Crippen LogP contribution >= 0.6 is 0 Å². The predicted molar refractivity (Wildman–Crippen MR) is 232 cm³/mol. The zero-order chi connectivity index (χ0) is 37.0. The van der Waals surface area contributed by atoms with E-state index in [9.17, 15) is 0 Å². The first-order chi connectivity index (χ1) is 26.7. The lowest BCUT2D eigenvalue weighted by Crippen LogP contribution is -1.99. The van der Waals surface area contributed by atoms with Crippen LogP contribution in [0.2, 0.25) is 0 Å². The summed E-state index contributed by atoms with van der Waals surface area (Å²) < 4.78 is 10.1. The molecule has 4 nitrogen and oxygen atoms in total. The smallest absolute Gasteiger partial charge is 0.0486 e. The van der Waals surface area contributed by atoms with Gasteiger partial charge in [0.2, 0.25) is 0 Å². The third-order valence-corrected chi connectivity index (χ3v) is 11.5. The molecule has 0 saturated heterocycles. The highest BCUT2D eigenvalue weighted by molar-refractivity contribution is 6.19. The fraction of sp³-hybridized carbons (Fsp3) is 0.320. The molecule has 0 bridgehead atoms. The van der Waals surface area contributed by atoms with Gasteiger partial charge in [-0.15, -0.1) is 0 Å². The van der Waals surface area contributed by atoms with Crippen molar-refractivity contribution in [2.45, 2.75) is 105 Å². The van der Waals surface area contributed by atoms with Gasteiger partial charge in [0.05, 0.1) is 0 Å². The van der Waals surface area contributed by atoms with Gasteiger partial charge in [-0.2, -0.15) is 0 Å². The maximum Gasteiger partial charge on any atom is 0.0486 e. The molecule has 0 N–H and O–H groups in total.